The predicted octanol–water partition coefficient (Wildman–Crippen LogP) is 2.08. The normalized spacial score (nSPS) is 24.1. The number of benzene rings is 1. The first kappa shape index (κ1) is 18.0. The molecule has 0 radical (unpaired) electrons. The Balaban J connectivity index is 0.00000192. The largest absolute Gasteiger partial charge is 0.419 e. The van der Waals surface area contributed by atoms with Crippen molar-refractivity contribution in [1.82, 2.24) is 10.2 Å². The Morgan fingerprint density at radius 1 is 1.30 bits per heavy atom. The summed E-state index contributed by atoms with van der Waals surface area (Å²) in [6, 6.07) is 2.48. The molecule has 2 atom stereocenters. The average Bonchev–Trinajstić information content (AvgIpc) is 2.93. The van der Waals surface area contributed by atoms with E-state index >= 15 is 0 Å². The van der Waals surface area contributed by atoms with Crippen LogP contribution in [-0.4, -0.2) is 49.2 Å². The van der Waals surface area contributed by atoms with Gasteiger partial charge in [0.15, 0.2) is 0 Å². The van der Waals surface area contributed by atoms with Gasteiger partial charge in [0.2, 0.25) is 0 Å². The van der Waals surface area contributed by atoms with E-state index in [1.54, 1.807) is 0 Å². The smallest absolute Gasteiger partial charge is 0.373 e. The van der Waals surface area contributed by atoms with Crippen molar-refractivity contribution >= 4 is 18.3 Å². The highest BCUT2D eigenvalue weighted by Gasteiger charge is 2.41. The topological polar surface area (TPSA) is 41.6 Å². The van der Waals surface area contributed by atoms with Crippen molar-refractivity contribution in [3.05, 3.63) is 35.1 Å². The number of morpholine rings is 1. The van der Waals surface area contributed by atoms with E-state index in [1.165, 1.54) is 4.90 Å². The van der Waals surface area contributed by atoms with Crippen molar-refractivity contribution in [3.8, 4) is 0 Å². The fraction of sp³-hybridized carbons (Fsp3) is 0.500. The molecule has 2 aliphatic heterocycles. The van der Waals surface area contributed by atoms with Crippen molar-refractivity contribution < 1.29 is 27.1 Å². The SMILES string of the molecule is Cl.O=C(c1cccc(C(F)(F)F)c1F)N1CCO[C@H]2CNC[C@H]21. The van der Waals surface area contributed by atoms with E-state index in [9.17, 15) is 22.4 Å². The molecule has 1 amide bonds. The summed E-state index contributed by atoms with van der Waals surface area (Å²) in [4.78, 5) is 13.9. The molecule has 3 rings (SSSR count). The first-order chi connectivity index (χ1) is 10.4. The summed E-state index contributed by atoms with van der Waals surface area (Å²) in [7, 11) is 0. The van der Waals surface area contributed by atoms with E-state index < -0.39 is 29.0 Å². The summed E-state index contributed by atoms with van der Waals surface area (Å²) < 4.78 is 57.9. The molecule has 9 heteroatoms. The number of alkyl halides is 3. The minimum atomic E-state index is -4.83. The van der Waals surface area contributed by atoms with Crippen LogP contribution in [0.15, 0.2) is 18.2 Å². The average molecular weight is 355 g/mol. The number of nitrogens with zero attached hydrogens (tertiary/aromatic N) is 1. The third kappa shape index (κ3) is 3.29. The van der Waals surface area contributed by atoms with Gasteiger partial charge in [-0.2, -0.15) is 13.2 Å². The number of halogens is 5. The Morgan fingerprint density at radius 3 is 2.74 bits per heavy atom. The molecule has 1 aromatic rings. The molecule has 4 nitrogen and oxygen atoms in total. The van der Waals surface area contributed by atoms with E-state index in [-0.39, 0.29) is 37.7 Å². The maximum absolute atomic E-state index is 14.1. The molecule has 0 spiro atoms. The number of amides is 1. The van der Waals surface area contributed by atoms with Crippen molar-refractivity contribution in [3.63, 3.8) is 0 Å². The third-order valence-corrected chi connectivity index (χ3v) is 3.99. The lowest BCUT2D eigenvalue weighted by Gasteiger charge is -2.37. The zero-order chi connectivity index (χ0) is 15.9. The monoisotopic (exact) mass is 354 g/mol. The van der Waals surface area contributed by atoms with E-state index in [1.807, 2.05) is 0 Å². The van der Waals surface area contributed by atoms with Gasteiger partial charge < -0.3 is 15.0 Å². The van der Waals surface area contributed by atoms with Gasteiger partial charge in [-0.3, -0.25) is 4.79 Å². The highest BCUT2D eigenvalue weighted by molar-refractivity contribution is 5.95. The Labute approximate surface area is 136 Å². The van der Waals surface area contributed by atoms with Gasteiger partial charge in [0.1, 0.15) is 5.82 Å². The maximum Gasteiger partial charge on any atom is 0.419 e. The second-order valence-electron chi connectivity index (χ2n) is 5.30. The summed E-state index contributed by atoms with van der Waals surface area (Å²) in [5, 5.41) is 3.06. The third-order valence-electron chi connectivity index (χ3n) is 3.99. The minimum absolute atomic E-state index is 0. The molecule has 128 valence electrons. The summed E-state index contributed by atoms with van der Waals surface area (Å²) in [5.74, 6) is -2.25. The standard InChI is InChI=1S/C14H14F4N2O2.ClH/c15-12-8(2-1-3-9(12)14(16,17)18)13(21)20-4-5-22-11-7-19-6-10(11)20;/h1-3,10-11,19H,4-7H2;1H/t10-,11+;/m1./s1. The van der Waals surface area contributed by atoms with Gasteiger partial charge in [-0.1, -0.05) is 6.07 Å². The summed E-state index contributed by atoms with van der Waals surface area (Å²) in [5.41, 5.74) is -1.98. The molecule has 0 unspecified atom stereocenters. The van der Waals surface area contributed by atoms with Crippen LogP contribution in [0.2, 0.25) is 0 Å². The van der Waals surface area contributed by atoms with Gasteiger partial charge in [0.05, 0.1) is 29.9 Å². The van der Waals surface area contributed by atoms with E-state index in [2.05, 4.69) is 5.32 Å². The van der Waals surface area contributed by atoms with Crippen LogP contribution in [-0.2, 0) is 10.9 Å². The van der Waals surface area contributed by atoms with Crippen molar-refractivity contribution in [1.29, 1.82) is 0 Å². The number of hydrogen-bond donors (Lipinski definition) is 1. The Hall–Kier alpha value is -1.38. The fourth-order valence-corrected chi connectivity index (χ4v) is 2.91. The van der Waals surface area contributed by atoms with Gasteiger partial charge in [-0.25, -0.2) is 4.39 Å². The number of nitrogens with one attached hydrogen (secondary N) is 1. The summed E-state index contributed by atoms with van der Waals surface area (Å²) >= 11 is 0. The lowest BCUT2D eigenvalue weighted by molar-refractivity contribution is -0.140. The van der Waals surface area contributed by atoms with Crippen LogP contribution in [0.25, 0.3) is 0 Å². The molecule has 1 N–H and O–H groups in total. The van der Waals surface area contributed by atoms with Gasteiger partial charge in [0.25, 0.3) is 5.91 Å². The first-order valence-electron chi connectivity index (χ1n) is 6.88. The molecular weight excluding hydrogens is 340 g/mol. The van der Waals surface area contributed by atoms with E-state index in [0.717, 1.165) is 12.1 Å². The Kier molecular flexibility index (Phi) is 5.17. The molecule has 0 aromatic heterocycles. The molecular formula is C14H15ClF4N2O2. The van der Waals surface area contributed by atoms with Gasteiger partial charge in [0, 0.05) is 19.6 Å². The van der Waals surface area contributed by atoms with Crippen LogP contribution >= 0.6 is 12.4 Å². The highest BCUT2D eigenvalue weighted by Crippen LogP contribution is 2.33. The molecule has 23 heavy (non-hydrogen) atoms. The van der Waals surface area contributed by atoms with Gasteiger partial charge >= 0.3 is 6.18 Å². The second-order valence-corrected chi connectivity index (χ2v) is 5.30. The van der Waals surface area contributed by atoms with Crippen LogP contribution in [0.4, 0.5) is 17.6 Å². The van der Waals surface area contributed by atoms with E-state index in [0.29, 0.717) is 19.2 Å². The van der Waals surface area contributed by atoms with Crippen molar-refractivity contribution in [2.45, 2.75) is 18.3 Å². The number of fused-ring (bicyclic) bond motifs is 1. The predicted molar refractivity (Wildman–Crippen MR) is 76.1 cm³/mol. The minimum Gasteiger partial charge on any atom is -0.373 e. The lowest BCUT2D eigenvalue weighted by Crippen LogP contribution is -2.53. The second kappa shape index (κ2) is 6.62. The van der Waals surface area contributed by atoms with Crippen LogP contribution < -0.4 is 5.32 Å². The number of carbonyl (C=O) groups is 1. The Morgan fingerprint density at radius 2 is 2.04 bits per heavy atom. The van der Waals surface area contributed by atoms with Gasteiger partial charge in [-0.15, -0.1) is 12.4 Å². The molecule has 2 saturated heterocycles. The van der Waals surface area contributed by atoms with Crippen LogP contribution in [0.1, 0.15) is 15.9 Å². The molecule has 2 aliphatic rings. The quantitative estimate of drug-likeness (QED) is 0.785. The van der Waals surface area contributed by atoms with Crippen molar-refractivity contribution in [2.24, 2.45) is 0 Å². The summed E-state index contributed by atoms with van der Waals surface area (Å²) in [6.07, 6.45) is -5.03. The first-order valence-corrected chi connectivity index (χ1v) is 6.88. The fourth-order valence-electron chi connectivity index (χ4n) is 2.91. The van der Waals surface area contributed by atoms with Crippen LogP contribution in [0.5, 0.6) is 0 Å². The number of hydrogen-bond acceptors (Lipinski definition) is 3. The molecule has 0 bridgehead atoms. The van der Waals surface area contributed by atoms with Crippen LogP contribution in [0.3, 0.4) is 0 Å². The zero-order valence-electron chi connectivity index (χ0n) is 11.9. The number of carbonyl (C=O) groups excluding carboxylic acids is 1. The van der Waals surface area contributed by atoms with E-state index in [4.69, 9.17) is 4.74 Å². The number of ether oxygens (including phenoxy) is 1. The molecule has 0 saturated carbocycles. The van der Waals surface area contributed by atoms with Crippen molar-refractivity contribution in [2.75, 3.05) is 26.2 Å². The molecule has 0 aliphatic carbocycles. The molecule has 1 aromatic carbocycles. The highest BCUT2D eigenvalue weighted by atomic mass is 35.5. The number of rotatable bonds is 1. The lowest BCUT2D eigenvalue weighted by atomic mass is 10.1. The molecule has 2 fully saturated rings. The van der Waals surface area contributed by atoms with Gasteiger partial charge in [-0.05, 0) is 12.1 Å². The summed E-state index contributed by atoms with van der Waals surface area (Å²) in [6.45, 7) is 1.57. The Bertz CT molecular complexity index is 597. The molecule has 2 heterocycles. The maximum atomic E-state index is 14.1. The zero-order valence-corrected chi connectivity index (χ0v) is 12.7. The van der Waals surface area contributed by atoms with Crippen LogP contribution in [0, 0.1) is 5.82 Å².